The predicted octanol–water partition coefficient (Wildman–Crippen LogP) is 2.88. The molecule has 4 nitrogen and oxygen atoms in total. The summed E-state index contributed by atoms with van der Waals surface area (Å²) < 4.78 is 26.7. The van der Waals surface area contributed by atoms with Gasteiger partial charge in [-0.3, -0.25) is 0 Å². The molecule has 6 heteroatoms. The molecule has 1 rings (SSSR count). The van der Waals surface area contributed by atoms with Gasteiger partial charge in [0, 0.05) is 6.54 Å². The minimum Gasteiger partial charge on any atom is -0.388 e. The smallest absolute Gasteiger partial charge is 0.319 e. The standard InChI is InChI=1S/C14H20F2N2O2/c1-4-9(2)14(3,20)8-17-13(19)18-12-10(15)6-5-7-11(12)16/h5-7,9,20H,4,8H2,1-3H3,(H2,17,18,19). The van der Waals surface area contributed by atoms with Crippen LogP contribution in [0.5, 0.6) is 0 Å². The van der Waals surface area contributed by atoms with Gasteiger partial charge in [-0.05, 0) is 25.0 Å². The fraction of sp³-hybridized carbons (Fsp3) is 0.500. The molecule has 112 valence electrons. The molecule has 0 aliphatic rings. The number of carbonyl (C=O) groups excluding carboxylic acids is 1. The zero-order valence-corrected chi connectivity index (χ0v) is 11.8. The average molecular weight is 286 g/mol. The van der Waals surface area contributed by atoms with E-state index < -0.39 is 29.0 Å². The monoisotopic (exact) mass is 286 g/mol. The number of hydrogen-bond acceptors (Lipinski definition) is 2. The maximum atomic E-state index is 13.3. The number of nitrogens with one attached hydrogen (secondary N) is 2. The van der Waals surface area contributed by atoms with Crippen LogP contribution in [0.4, 0.5) is 19.3 Å². The second-order valence-electron chi connectivity index (χ2n) is 5.07. The molecule has 2 unspecified atom stereocenters. The summed E-state index contributed by atoms with van der Waals surface area (Å²) in [4.78, 5) is 11.6. The highest BCUT2D eigenvalue weighted by Gasteiger charge is 2.27. The maximum absolute atomic E-state index is 13.3. The van der Waals surface area contributed by atoms with Crippen LogP contribution in [0, 0.1) is 17.6 Å². The molecule has 0 aromatic heterocycles. The molecule has 0 saturated carbocycles. The Morgan fingerprint density at radius 1 is 1.40 bits per heavy atom. The summed E-state index contributed by atoms with van der Waals surface area (Å²) >= 11 is 0. The van der Waals surface area contributed by atoms with Gasteiger partial charge in [0.15, 0.2) is 0 Å². The Morgan fingerprint density at radius 2 is 1.95 bits per heavy atom. The lowest BCUT2D eigenvalue weighted by molar-refractivity contribution is 0.00827. The first-order chi connectivity index (χ1) is 9.27. The Labute approximate surface area is 117 Å². The van der Waals surface area contributed by atoms with Crippen LogP contribution >= 0.6 is 0 Å². The molecule has 20 heavy (non-hydrogen) atoms. The van der Waals surface area contributed by atoms with Crippen LogP contribution in [-0.4, -0.2) is 23.3 Å². The van der Waals surface area contributed by atoms with E-state index in [1.165, 1.54) is 6.07 Å². The summed E-state index contributed by atoms with van der Waals surface area (Å²) in [5.41, 5.74) is -1.59. The number of amides is 2. The van der Waals surface area contributed by atoms with Crippen molar-refractivity contribution in [3.05, 3.63) is 29.8 Å². The molecule has 2 atom stereocenters. The average Bonchev–Trinajstić information content (AvgIpc) is 2.40. The summed E-state index contributed by atoms with van der Waals surface area (Å²) in [6.07, 6.45) is 0.748. The van der Waals surface area contributed by atoms with E-state index in [1.807, 2.05) is 13.8 Å². The Bertz CT molecular complexity index is 458. The zero-order chi connectivity index (χ0) is 15.3. The van der Waals surface area contributed by atoms with Gasteiger partial charge in [-0.25, -0.2) is 13.6 Å². The summed E-state index contributed by atoms with van der Waals surface area (Å²) in [5, 5.41) is 14.6. The van der Waals surface area contributed by atoms with Crippen molar-refractivity contribution in [3.8, 4) is 0 Å². The predicted molar refractivity (Wildman–Crippen MR) is 73.5 cm³/mol. The van der Waals surface area contributed by atoms with Crippen molar-refractivity contribution in [2.45, 2.75) is 32.8 Å². The number of carbonyl (C=O) groups is 1. The van der Waals surface area contributed by atoms with Crippen LogP contribution < -0.4 is 10.6 Å². The van der Waals surface area contributed by atoms with Gasteiger partial charge in [-0.15, -0.1) is 0 Å². The molecule has 1 aromatic carbocycles. The molecule has 0 saturated heterocycles. The van der Waals surface area contributed by atoms with Gasteiger partial charge in [0.1, 0.15) is 17.3 Å². The lowest BCUT2D eigenvalue weighted by atomic mass is 9.89. The van der Waals surface area contributed by atoms with Gasteiger partial charge in [-0.1, -0.05) is 26.3 Å². The maximum Gasteiger partial charge on any atom is 0.319 e. The molecule has 1 aromatic rings. The number of hydrogen-bond donors (Lipinski definition) is 3. The number of halogens is 2. The normalized spacial score (nSPS) is 15.3. The van der Waals surface area contributed by atoms with Gasteiger partial charge >= 0.3 is 6.03 Å². The Balaban J connectivity index is 2.61. The second kappa shape index (κ2) is 6.65. The topological polar surface area (TPSA) is 61.4 Å². The van der Waals surface area contributed by atoms with Gasteiger partial charge < -0.3 is 15.7 Å². The van der Waals surface area contributed by atoms with E-state index in [2.05, 4.69) is 10.6 Å². The highest BCUT2D eigenvalue weighted by molar-refractivity contribution is 5.89. The van der Waals surface area contributed by atoms with Crippen LogP contribution in [0.25, 0.3) is 0 Å². The summed E-state index contributed by atoms with van der Waals surface area (Å²) in [6, 6.07) is 2.54. The lowest BCUT2D eigenvalue weighted by Crippen LogP contribution is -2.46. The van der Waals surface area contributed by atoms with Crippen molar-refractivity contribution < 1.29 is 18.7 Å². The Kier molecular flexibility index (Phi) is 5.44. The lowest BCUT2D eigenvalue weighted by Gasteiger charge is -2.29. The molecular weight excluding hydrogens is 266 g/mol. The second-order valence-corrected chi connectivity index (χ2v) is 5.07. The summed E-state index contributed by atoms with van der Waals surface area (Å²) in [5.74, 6) is -1.73. The van der Waals surface area contributed by atoms with Crippen LogP contribution in [0.15, 0.2) is 18.2 Å². The minimum absolute atomic E-state index is 0.0100. The van der Waals surface area contributed by atoms with E-state index in [0.29, 0.717) is 0 Å². The van der Waals surface area contributed by atoms with Crippen molar-refractivity contribution in [2.75, 3.05) is 11.9 Å². The minimum atomic E-state index is -1.08. The van der Waals surface area contributed by atoms with E-state index >= 15 is 0 Å². The van der Waals surface area contributed by atoms with Crippen molar-refractivity contribution in [1.82, 2.24) is 5.32 Å². The molecule has 2 amide bonds. The van der Waals surface area contributed by atoms with Gasteiger partial charge in [0.25, 0.3) is 0 Å². The molecule has 0 heterocycles. The third kappa shape index (κ3) is 4.16. The molecule has 0 aliphatic carbocycles. The van der Waals surface area contributed by atoms with E-state index in [0.717, 1.165) is 18.6 Å². The van der Waals surface area contributed by atoms with Crippen LogP contribution in [-0.2, 0) is 0 Å². The van der Waals surface area contributed by atoms with E-state index in [-0.39, 0.29) is 12.5 Å². The molecular formula is C14H20F2N2O2. The fourth-order valence-electron chi connectivity index (χ4n) is 1.65. The molecule has 0 spiro atoms. The van der Waals surface area contributed by atoms with Crippen molar-refractivity contribution in [2.24, 2.45) is 5.92 Å². The van der Waals surface area contributed by atoms with Crippen LogP contribution in [0.2, 0.25) is 0 Å². The number of aliphatic hydroxyl groups is 1. The molecule has 0 radical (unpaired) electrons. The first-order valence-electron chi connectivity index (χ1n) is 6.49. The highest BCUT2D eigenvalue weighted by Crippen LogP contribution is 2.20. The molecule has 3 N–H and O–H groups in total. The van der Waals surface area contributed by atoms with E-state index in [9.17, 15) is 18.7 Å². The van der Waals surface area contributed by atoms with Gasteiger partial charge in [0.05, 0.1) is 5.60 Å². The SMILES string of the molecule is CCC(C)C(C)(O)CNC(=O)Nc1c(F)cccc1F. The Hall–Kier alpha value is -1.69. The van der Waals surface area contributed by atoms with Crippen molar-refractivity contribution in [1.29, 1.82) is 0 Å². The third-order valence-electron chi connectivity index (χ3n) is 3.48. The van der Waals surface area contributed by atoms with Crippen molar-refractivity contribution >= 4 is 11.7 Å². The number of anilines is 1. The summed E-state index contributed by atoms with van der Waals surface area (Å²) in [7, 11) is 0. The first kappa shape index (κ1) is 16.4. The fourth-order valence-corrected chi connectivity index (χ4v) is 1.65. The van der Waals surface area contributed by atoms with Crippen molar-refractivity contribution in [3.63, 3.8) is 0 Å². The third-order valence-corrected chi connectivity index (χ3v) is 3.48. The van der Waals surface area contributed by atoms with Crippen LogP contribution in [0.1, 0.15) is 27.2 Å². The van der Waals surface area contributed by atoms with Gasteiger partial charge in [-0.2, -0.15) is 0 Å². The van der Waals surface area contributed by atoms with Gasteiger partial charge in [0.2, 0.25) is 0 Å². The summed E-state index contributed by atoms with van der Waals surface area (Å²) in [6.45, 7) is 5.37. The number of rotatable bonds is 5. The first-order valence-corrected chi connectivity index (χ1v) is 6.49. The quantitative estimate of drug-likeness (QED) is 0.779. The molecule has 0 bridgehead atoms. The molecule has 0 aliphatic heterocycles. The number of para-hydroxylation sites is 1. The van der Waals surface area contributed by atoms with E-state index in [1.54, 1.807) is 6.92 Å². The van der Waals surface area contributed by atoms with E-state index in [4.69, 9.17) is 0 Å². The van der Waals surface area contributed by atoms with Crippen LogP contribution in [0.3, 0.4) is 0 Å². The number of benzene rings is 1. The Morgan fingerprint density at radius 3 is 2.45 bits per heavy atom. The molecule has 0 fully saturated rings. The number of urea groups is 1. The highest BCUT2D eigenvalue weighted by atomic mass is 19.1. The largest absolute Gasteiger partial charge is 0.388 e. The zero-order valence-electron chi connectivity index (χ0n) is 11.8.